The highest BCUT2D eigenvalue weighted by molar-refractivity contribution is 5.80. The molecule has 2 aromatic carbocycles. The third-order valence-electron chi connectivity index (χ3n) is 6.51. The second-order valence-corrected chi connectivity index (χ2v) is 8.35. The Labute approximate surface area is 173 Å². The molecule has 0 radical (unpaired) electrons. The van der Waals surface area contributed by atoms with Crippen LogP contribution in [0.4, 0.5) is 0 Å². The molecule has 0 saturated carbocycles. The molecule has 2 aromatic rings. The van der Waals surface area contributed by atoms with Gasteiger partial charge in [-0.1, -0.05) is 73.5 Å². The Balaban J connectivity index is 1.67. The van der Waals surface area contributed by atoms with E-state index in [0.717, 1.165) is 37.8 Å². The van der Waals surface area contributed by atoms with Gasteiger partial charge in [-0.25, -0.2) is 0 Å². The summed E-state index contributed by atoms with van der Waals surface area (Å²) in [6.45, 7) is 3.16. The first-order valence-electron chi connectivity index (χ1n) is 10.8. The molecule has 2 heterocycles. The van der Waals surface area contributed by atoms with Crippen molar-refractivity contribution in [3.05, 3.63) is 71.8 Å². The van der Waals surface area contributed by atoms with Crippen LogP contribution in [0.1, 0.15) is 49.7 Å². The van der Waals surface area contributed by atoms with Crippen molar-refractivity contribution in [2.75, 3.05) is 13.1 Å². The smallest absolute Gasteiger partial charge is 0.227 e. The number of likely N-dealkylation sites (tertiary alicyclic amines) is 2. The van der Waals surface area contributed by atoms with Crippen molar-refractivity contribution in [2.45, 2.75) is 57.0 Å². The summed E-state index contributed by atoms with van der Waals surface area (Å²) < 4.78 is 0. The Morgan fingerprint density at radius 1 is 0.897 bits per heavy atom. The zero-order valence-corrected chi connectivity index (χ0v) is 17.2. The lowest BCUT2D eigenvalue weighted by molar-refractivity contribution is -0.136. The molecule has 0 aliphatic carbocycles. The van der Waals surface area contributed by atoms with Crippen molar-refractivity contribution in [1.29, 1.82) is 0 Å². The van der Waals surface area contributed by atoms with Gasteiger partial charge in [0.2, 0.25) is 11.8 Å². The molecular weight excluding hydrogens is 360 g/mol. The van der Waals surface area contributed by atoms with Crippen molar-refractivity contribution in [2.24, 2.45) is 0 Å². The normalized spacial score (nSPS) is 24.5. The fourth-order valence-corrected chi connectivity index (χ4v) is 5.15. The lowest BCUT2D eigenvalue weighted by atomic mass is 9.87. The van der Waals surface area contributed by atoms with Crippen molar-refractivity contribution < 1.29 is 9.59 Å². The van der Waals surface area contributed by atoms with Crippen molar-refractivity contribution in [3.8, 4) is 0 Å². The van der Waals surface area contributed by atoms with Crippen molar-refractivity contribution in [1.82, 2.24) is 9.80 Å². The maximum Gasteiger partial charge on any atom is 0.227 e. The van der Waals surface area contributed by atoms with Gasteiger partial charge < -0.3 is 9.80 Å². The van der Waals surface area contributed by atoms with Crippen LogP contribution >= 0.6 is 0 Å². The molecular formula is C25H30N2O2. The molecule has 152 valence electrons. The number of hydrogen-bond donors (Lipinski definition) is 0. The van der Waals surface area contributed by atoms with Gasteiger partial charge in [0.25, 0.3) is 0 Å². The summed E-state index contributed by atoms with van der Waals surface area (Å²) in [6, 6.07) is 20.6. The Hall–Kier alpha value is -2.62. The van der Waals surface area contributed by atoms with Gasteiger partial charge >= 0.3 is 0 Å². The zero-order chi connectivity index (χ0) is 20.2. The summed E-state index contributed by atoms with van der Waals surface area (Å²) in [5.41, 5.74) is 2.27. The number of carbonyl (C=O) groups is 2. The van der Waals surface area contributed by atoms with Crippen LogP contribution in [0.15, 0.2) is 60.7 Å². The van der Waals surface area contributed by atoms with E-state index in [9.17, 15) is 9.59 Å². The molecule has 0 aromatic heterocycles. The first-order valence-corrected chi connectivity index (χ1v) is 10.8. The standard InChI is InChI=1S/C25H30N2O2/c1-19(28)26-16-10-4-9-15-23-25(26)22(21-13-7-3-8-14-21)18-27(23)24(29)17-20-11-5-2-6-12-20/h2-3,5-8,11-14,22-23,25H,4,9-10,15-18H2,1H3/t22-,23+,25-/m0/s1. The molecule has 2 fully saturated rings. The summed E-state index contributed by atoms with van der Waals surface area (Å²) in [7, 11) is 0. The molecule has 3 atom stereocenters. The van der Waals surface area contributed by atoms with E-state index in [-0.39, 0.29) is 29.8 Å². The highest BCUT2D eigenvalue weighted by atomic mass is 16.2. The SMILES string of the molecule is CC(=O)N1CCCCC[C@@H]2[C@@H]1[C@H](c1ccccc1)CN2C(=O)Cc1ccccc1. The van der Waals surface area contributed by atoms with Gasteiger partial charge in [0.15, 0.2) is 0 Å². The molecule has 2 aliphatic heterocycles. The van der Waals surface area contributed by atoms with E-state index in [4.69, 9.17) is 0 Å². The van der Waals surface area contributed by atoms with Crippen LogP contribution in [0.2, 0.25) is 0 Å². The number of rotatable bonds is 3. The lowest BCUT2D eigenvalue weighted by Crippen LogP contribution is -2.51. The van der Waals surface area contributed by atoms with Gasteiger partial charge in [0.1, 0.15) is 0 Å². The average molecular weight is 391 g/mol. The van der Waals surface area contributed by atoms with E-state index in [1.165, 1.54) is 5.56 Å². The largest absolute Gasteiger partial charge is 0.337 e. The van der Waals surface area contributed by atoms with Crippen LogP contribution in [0.25, 0.3) is 0 Å². The second-order valence-electron chi connectivity index (χ2n) is 8.35. The lowest BCUT2D eigenvalue weighted by Gasteiger charge is -2.38. The van der Waals surface area contributed by atoms with Gasteiger partial charge in [-0.2, -0.15) is 0 Å². The molecule has 0 bridgehead atoms. The second kappa shape index (κ2) is 8.81. The number of hydrogen-bond acceptors (Lipinski definition) is 2. The minimum atomic E-state index is 0.0647. The Morgan fingerprint density at radius 3 is 2.28 bits per heavy atom. The number of amides is 2. The monoisotopic (exact) mass is 390 g/mol. The Morgan fingerprint density at radius 2 is 1.59 bits per heavy atom. The minimum Gasteiger partial charge on any atom is -0.337 e. The fraction of sp³-hybridized carbons (Fsp3) is 0.440. The molecule has 4 nitrogen and oxygen atoms in total. The maximum absolute atomic E-state index is 13.3. The van der Waals surface area contributed by atoms with Crippen LogP contribution in [0.3, 0.4) is 0 Å². The molecule has 0 spiro atoms. The summed E-state index contributed by atoms with van der Waals surface area (Å²) >= 11 is 0. The van der Waals surface area contributed by atoms with Gasteiger partial charge in [0, 0.05) is 25.9 Å². The Kier molecular flexibility index (Phi) is 5.98. The quantitative estimate of drug-likeness (QED) is 0.794. The highest BCUT2D eigenvalue weighted by Gasteiger charge is 2.47. The Bertz CT molecular complexity index is 836. The van der Waals surface area contributed by atoms with Gasteiger partial charge in [-0.05, 0) is 24.0 Å². The van der Waals surface area contributed by atoms with Crippen molar-refractivity contribution in [3.63, 3.8) is 0 Å². The average Bonchev–Trinajstić information content (AvgIpc) is 3.07. The molecule has 29 heavy (non-hydrogen) atoms. The van der Waals surface area contributed by atoms with Crippen LogP contribution < -0.4 is 0 Å². The summed E-state index contributed by atoms with van der Waals surface area (Å²) in [6.07, 6.45) is 4.67. The molecule has 4 rings (SSSR count). The topological polar surface area (TPSA) is 40.6 Å². The minimum absolute atomic E-state index is 0.0647. The molecule has 0 N–H and O–H groups in total. The molecule has 2 aliphatic rings. The number of nitrogens with zero attached hydrogens (tertiary/aromatic N) is 2. The molecule has 4 heteroatoms. The van der Waals surface area contributed by atoms with Crippen LogP contribution in [0, 0.1) is 0 Å². The number of carbonyl (C=O) groups excluding carboxylic acids is 2. The van der Waals surface area contributed by atoms with Crippen molar-refractivity contribution >= 4 is 11.8 Å². The van der Waals surface area contributed by atoms with Crippen LogP contribution in [0.5, 0.6) is 0 Å². The third-order valence-corrected chi connectivity index (χ3v) is 6.51. The van der Waals surface area contributed by atoms with E-state index < -0.39 is 0 Å². The number of fused-ring (bicyclic) bond motifs is 1. The van der Waals surface area contributed by atoms with E-state index in [2.05, 4.69) is 34.1 Å². The first-order chi connectivity index (χ1) is 14.1. The van der Waals surface area contributed by atoms with Crippen LogP contribution in [-0.2, 0) is 16.0 Å². The summed E-state index contributed by atoms with van der Waals surface area (Å²) in [5.74, 6) is 0.469. The van der Waals surface area contributed by atoms with Gasteiger partial charge in [0.05, 0.1) is 18.5 Å². The summed E-state index contributed by atoms with van der Waals surface area (Å²) in [5, 5.41) is 0. The third kappa shape index (κ3) is 4.21. The maximum atomic E-state index is 13.3. The van der Waals surface area contributed by atoms with Crippen LogP contribution in [-0.4, -0.2) is 46.8 Å². The van der Waals surface area contributed by atoms with E-state index in [0.29, 0.717) is 13.0 Å². The number of benzene rings is 2. The molecule has 2 saturated heterocycles. The zero-order valence-electron chi connectivity index (χ0n) is 17.2. The van der Waals surface area contributed by atoms with Gasteiger partial charge in [-0.15, -0.1) is 0 Å². The van der Waals surface area contributed by atoms with E-state index in [1.807, 2.05) is 36.4 Å². The predicted molar refractivity (Wildman–Crippen MR) is 114 cm³/mol. The molecule has 0 unspecified atom stereocenters. The first kappa shape index (κ1) is 19.7. The summed E-state index contributed by atoms with van der Waals surface area (Å²) in [4.78, 5) is 30.0. The predicted octanol–water partition coefficient (Wildman–Crippen LogP) is 4.01. The van der Waals surface area contributed by atoms with Gasteiger partial charge in [-0.3, -0.25) is 9.59 Å². The van der Waals surface area contributed by atoms with E-state index in [1.54, 1.807) is 6.92 Å². The molecule has 2 amide bonds. The van der Waals surface area contributed by atoms with E-state index >= 15 is 0 Å². The highest BCUT2D eigenvalue weighted by Crippen LogP contribution is 2.39. The fourth-order valence-electron chi connectivity index (χ4n) is 5.15.